The van der Waals surface area contributed by atoms with E-state index in [1.807, 2.05) is 30.3 Å². The quantitative estimate of drug-likeness (QED) is 0.488. The van der Waals surface area contributed by atoms with Gasteiger partial charge in [-0.2, -0.15) is 5.26 Å². The van der Waals surface area contributed by atoms with Gasteiger partial charge in [-0.05, 0) is 11.6 Å². The Labute approximate surface area is 224 Å². The Morgan fingerprint density at radius 3 is 2.50 bits per heavy atom. The molecule has 11 heteroatoms. The topological polar surface area (TPSA) is 144 Å². The molecule has 2 heterocycles. The number of thioether (sulfide) groups is 1. The van der Waals surface area contributed by atoms with E-state index >= 15 is 0 Å². The first-order valence-electron chi connectivity index (χ1n) is 11.6. The predicted molar refractivity (Wildman–Crippen MR) is 139 cm³/mol. The smallest absolute Gasteiger partial charge is 0.307 e. The van der Waals surface area contributed by atoms with Crippen LogP contribution in [0.25, 0.3) is 0 Å². The number of benzene rings is 2. The number of esters is 1. The van der Waals surface area contributed by atoms with E-state index in [-0.39, 0.29) is 35.0 Å². The second kappa shape index (κ2) is 11.3. The van der Waals surface area contributed by atoms with Crippen LogP contribution in [0.3, 0.4) is 0 Å². The maximum absolute atomic E-state index is 13.8. The molecule has 2 amide bonds. The summed E-state index contributed by atoms with van der Waals surface area (Å²) in [5, 5.41) is 12.5. The first kappa shape index (κ1) is 26.6. The van der Waals surface area contributed by atoms with Gasteiger partial charge in [-0.15, -0.1) is 0 Å². The number of amides is 2. The van der Waals surface area contributed by atoms with Crippen LogP contribution < -0.4 is 20.5 Å². The van der Waals surface area contributed by atoms with Crippen LogP contribution in [0, 0.1) is 11.3 Å². The molecule has 4 rings (SSSR count). The minimum atomic E-state index is -0.944. The Bertz CT molecular complexity index is 1380. The van der Waals surface area contributed by atoms with E-state index in [4.69, 9.17) is 19.9 Å². The molecule has 3 N–H and O–H groups in total. The summed E-state index contributed by atoms with van der Waals surface area (Å²) in [6, 6.07) is 16.5. The van der Waals surface area contributed by atoms with Gasteiger partial charge in [0, 0.05) is 18.2 Å². The average molecular weight is 535 g/mol. The number of fused-ring (bicyclic) bond motifs is 1. The number of rotatable bonds is 8. The summed E-state index contributed by atoms with van der Waals surface area (Å²) in [7, 11) is 4.21. The highest BCUT2D eigenvalue weighted by Crippen LogP contribution is 2.51. The van der Waals surface area contributed by atoms with Crippen LogP contribution in [0.5, 0.6) is 11.5 Å². The maximum Gasteiger partial charge on any atom is 0.307 e. The SMILES string of the molecule is COC(=O)C[C@@H]1SC2=C(C(=O)NCc3ccccc3)[C@@H](c3ccc(OC)cc3OC)C(C#N)=C(N)N2C1=O. The molecule has 2 aromatic carbocycles. The summed E-state index contributed by atoms with van der Waals surface area (Å²) in [6.07, 6.45) is -0.218. The van der Waals surface area contributed by atoms with Crippen molar-refractivity contribution in [3.05, 3.63) is 81.7 Å². The van der Waals surface area contributed by atoms with E-state index in [1.165, 1.54) is 21.3 Å². The number of carbonyl (C=O) groups excluding carboxylic acids is 3. The molecule has 0 spiro atoms. The van der Waals surface area contributed by atoms with E-state index < -0.39 is 29.0 Å². The summed E-state index contributed by atoms with van der Waals surface area (Å²) < 4.78 is 15.6. The van der Waals surface area contributed by atoms with E-state index in [0.717, 1.165) is 22.2 Å². The van der Waals surface area contributed by atoms with Crippen molar-refractivity contribution in [1.29, 1.82) is 5.26 Å². The lowest BCUT2D eigenvalue weighted by Crippen LogP contribution is -2.40. The van der Waals surface area contributed by atoms with E-state index in [0.29, 0.717) is 17.1 Å². The lowest BCUT2D eigenvalue weighted by atomic mass is 9.82. The highest BCUT2D eigenvalue weighted by molar-refractivity contribution is 8.04. The normalized spacial score (nSPS) is 18.6. The number of hydrogen-bond donors (Lipinski definition) is 2. The lowest BCUT2D eigenvalue weighted by Gasteiger charge is -2.32. The molecule has 0 radical (unpaired) electrons. The van der Waals surface area contributed by atoms with Gasteiger partial charge in [-0.1, -0.05) is 48.2 Å². The third kappa shape index (κ3) is 4.90. The molecule has 2 aromatic rings. The summed E-state index contributed by atoms with van der Waals surface area (Å²) in [5.74, 6) is -1.73. The van der Waals surface area contributed by atoms with Gasteiger partial charge >= 0.3 is 5.97 Å². The minimum absolute atomic E-state index is 0.00902. The molecule has 0 unspecified atom stereocenters. The molecule has 2 atom stereocenters. The fourth-order valence-electron chi connectivity index (χ4n) is 4.39. The van der Waals surface area contributed by atoms with Gasteiger partial charge in [-0.3, -0.25) is 19.3 Å². The van der Waals surface area contributed by atoms with E-state index in [9.17, 15) is 19.6 Å². The molecule has 196 valence electrons. The Kier molecular flexibility index (Phi) is 7.93. The minimum Gasteiger partial charge on any atom is -0.497 e. The molecule has 2 aliphatic heterocycles. The maximum atomic E-state index is 13.8. The van der Waals surface area contributed by atoms with Gasteiger partial charge in [0.05, 0.1) is 55.9 Å². The van der Waals surface area contributed by atoms with Crippen molar-refractivity contribution >= 4 is 29.5 Å². The molecular formula is C27H26N4O6S. The van der Waals surface area contributed by atoms with Crippen LogP contribution in [0.1, 0.15) is 23.5 Å². The number of hydrogen-bond acceptors (Lipinski definition) is 9. The Hall–Kier alpha value is -4.43. The van der Waals surface area contributed by atoms with Crippen molar-refractivity contribution in [2.75, 3.05) is 21.3 Å². The number of nitrogens with zero attached hydrogens (tertiary/aromatic N) is 2. The molecule has 0 aromatic heterocycles. The van der Waals surface area contributed by atoms with Crippen molar-refractivity contribution in [2.24, 2.45) is 5.73 Å². The van der Waals surface area contributed by atoms with Gasteiger partial charge in [0.25, 0.3) is 5.91 Å². The fraction of sp³-hybridized carbons (Fsp3) is 0.259. The second-order valence-corrected chi connectivity index (χ2v) is 9.59. The Morgan fingerprint density at radius 1 is 1.13 bits per heavy atom. The first-order chi connectivity index (χ1) is 18.3. The summed E-state index contributed by atoms with van der Waals surface area (Å²) in [5.41, 5.74) is 7.92. The highest BCUT2D eigenvalue weighted by Gasteiger charge is 2.49. The number of nitriles is 1. The standard InChI is InChI=1S/C27H26N4O6S/c1-35-16-9-10-17(19(11-16)36-2)22-18(13-28)24(29)31-26(34)20(12-21(32)37-3)38-27(31)23(22)25(33)30-14-15-7-5-4-6-8-15/h4-11,20,22H,12,14,29H2,1-3H3,(H,30,33)/t20-,22-/m0/s1. The Balaban J connectivity index is 1.87. The summed E-state index contributed by atoms with van der Waals surface area (Å²) in [4.78, 5) is 40.3. The van der Waals surface area contributed by atoms with Crippen LogP contribution in [-0.2, 0) is 25.7 Å². The third-order valence-corrected chi connectivity index (χ3v) is 7.55. The molecule has 2 aliphatic rings. The van der Waals surface area contributed by atoms with E-state index in [1.54, 1.807) is 18.2 Å². The van der Waals surface area contributed by atoms with Crippen molar-refractivity contribution < 1.29 is 28.6 Å². The van der Waals surface area contributed by atoms with Gasteiger partial charge in [0.2, 0.25) is 5.91 Å². The predicted octanol–water partition coefficient (Wildman–Crippen LogP) is 2.53. The lowest BCUT2D eigenvalue weighted by molar-refractivity contribution is -0.142. The zero-order valence-corrected chi connectivity index (χ0v) is 21.8. The monoisotopic (exact) mass is 534 g/mol. The van der Waals surface area contributed by atoms with Crippen LogP contribution in [0.15, 0.2) is 70.5 Å². The van der Waals surface area contributed by atoms with E-state index in [2.05, 4.69) is 11.4 Å². The highest BCUT2D eigenvalue weighted by atomic mass is 32.2. The Morgan fingerprint density at radius 2 is 1.87 bits per heavy atom. The number of allylic oxidation sites excluding steroid dienone is 1. The van der Waals surface area contributed by atoms with Crippen molar-refractivity contribution in [3.8, 4) is 17.6 Å². The van der Waals surface area contributed by atoms with Crippen LogP contribution >= 0.6 is 11.8 Å². The molecule has 0 saturated carbocycles. The number of nitrogens with one attached hydrogen (secondary N) is 1. The molecule has 38 heavy (non-hydrogen) atoms. The number of carbonyl (C=O) groups is 3. The fourth-order valence-corrected chi connectivity index (χ4v) is 5.71. The number of methoxy groups -OCH3 is 3. The van der Waals surface area contributed by atoms with Crippen molar-refractivity contribution in [1.82, 2.24) is 10.2 Å². The average Bonchev–Trinajstić information content (AvgIpc) is 3.26. The number of ether oxygens (including phenoxy) is 3. The van der Waals surface area contributed by atoms with Gasteiger partial charge in [0.15, 0.2) is 0 Å². The summed E-state index contributed by atoms with van der Waals surface area (Å²) >= 11 is 1.05. The summed E-state index contributed by atoms with van der Waals surface area (Å²) in [6.45, 7) is 0.216. The molecular weight excluding hydrogens is 508 g/mol. The molecule has 0 aliphatic carbocycles. The van der Waals surface area contributed by atoms with Crippen LogP contribution in [0.2, 0.25) is 0 Å². The zero-order valence-electron chi connectivity index (χ0n) is 21.0. The molecule has 1 fully saturated rings. The molecule has 1 saturated heterocycles. The molecule has 10 nitrogen and oxygen atoms in total. The van der Waals surface area contributed by atoms with Crippen LogP contribution in [0.4, 0.5) is 0 Å². The first-order valence-corrected chi connectivity index (χ1v) is 12.5. The van der Waals surface area contributed by atoms with Crippen molar-refractivity contribution in [2.45, 2.75) is 24.1 Å². The third-order valence-electron chi connectivity index (χ3n) is 6.27. The van der Waals surface area contributed by atoms with Gasteiger partial charge < -0.3 is 25.3 Å². The second-order valence-electron chi connectivity index (χ2n) is 8.40. The van der Waals surface area contributed by atoms with Crippen molar-refractivity contribution in [3.63, 3.8) is 0 Å². The molecule has 0 bridgehead atoms. The van der Waals surface area contributed by atoms with Crippen LogP contribution in [-0.4, -0.2) is 49.3 Å². The number of nitrogens with two attached hydrogens (primary N) is 1. The van der Waals surface area contributed by atoms with Gasteiger partial charge in [0.1, 0.15) is 22.6 Å². The largest absolute Gasteiger partial charge is 0.497 e. The van der Waals surface area contributed by atoms with Gasteiger partial charge in [-0.25, -0.2) is 0 Å². The zero-order chi connectivity index (χ0) is 27.4.